The van der Waals surface area contributed by atoms with Crippen molar-refractivity contribution in [2.24, 2.45) is 0 Å². The molecule has 3 heterocycles. The molecule has 8 nitrogen and oxygen atoms in total. The fraction of sp³-hybridized carbons (Fsp3) is 0.273. The van der Waals surface area contributed by atoms with E-state index in [2.05, 4.69) is 24.8 Å². The summed E-state index contributed by atoms with van der Waals surface area (Å²) >= 11 is 0. The predicted octanol–water partition coefficient (Wildman–Crippen LogP) is 3.06. The van der Waals surface area contributed by atoms with Crippen molar-refractivity contribution in [3.63, 3.8) is 0 Å². The smallest absolute Gasteiger partial charge is 0.251 e. The third-order valence-corrected chi connectivity index (χ3v) is 5.21. The summed E-state index contributed by atoms with van der Waals surface area (Å²) in [6.45, 7) is 3.23. The van der Waals surface area contributed by atoms with Crippen LogP contribution < -0.4 is 16.8 Å². The fourth-order valence-corrected chi connectivity index (χ4v) is 3.65. The van der Waals surface area contributed by atoms with E-state index < -0.39 is 5.82 Å². The van der Waals surface area contributed by atoms with E-state index in [0.29, 0.717) is 24.4 Å². The van der Waals surface area contributed by atoms with Crippen LogP contribution >= 0.6 is 0 Å². The molecule has 4 aromatic rings. The van der Waals surface area contributed by atoms with E-state index in [9.17, 15) is 9.18 Å². The normalized spacial score (nSPS) is 11.3. The molecule has 3 aromatic heterocycles. The highest BCUT2D eigenvalue weighted by molar-refractivity contribution is 6.04. The van der Waals surface area contributed by atoms with Crippen molar-refractivity contribution in [2.45, 2.75) is 32.7 Å². The Balaban J connectivity index is 1.45. The highest BCUT2D eigenvalue weighted by atomic mass is 19.1. The van der Waals surface area contributed by atoms with Gasteiger partial charge in [0.25, 0.3) is 5.91 Å². The van der Waals surface area contributed by atoms with Crippen molar-refractivity contribution in [1.82, 2.24) is 24.8 Å². The Labute approximate surface area is 178 Å². The van der Waals surface area contributed by atoms with Crippen LogP contribution in [0, 0.1) is 5.82 Å². The number of aromatic nitrogens is 4. The first-order valence-electron chi connectivity index (χ1n) is 10.2. The summed E-state index contributed by atoms with van der Waals surface area (Å²) in [5.41, 5.74) is 14.9. The zero-order valence-electron chi connectivity index (χ0n) is 17.2. The van der Waals surface area contributed by atoms with E-state index in [1.54, 1.807) is 6.20 Å². The lowest BCUT2D eigenvalue weighted by atomic mass is 10.2. The van der Waals surface area contributed by atoms with Gasteiger partial charge in [-0.15, -0.1) is 0 Å². The maximum Gasteiger partial charge on any atom is 0.251 e. The summed E-state index contributed by atoms with van der Waals surface area (Å²) in [5, 5.41) is 2.82. The van der Waals surface area contributed by atoms with Gasteiger partial charge >= 0.3 is 0 Å². The molecule has 9 heteroatoms. The average molecular weight is 421 g/mol. The molecule has 5 N–H and O–H groups in total. The molecular formula is C22H24FN7O. The summed E-state index contributed by atoms with van der Waals surface area (Å²) in [6, 6.07) is 7.76. The molecule has 0 aliphatic carbocycles. The number of benzene rings is 1. The summed E-state index contributed by atoms with van der Waals surface area (Å²) in [4.78, 5) is 25.8. The summed E-state index contributed by atoms with van der Waals surface area (Å²) in [6.07, 6.45) is 4.05. The van der Waals surface area contributed by atoms with Crippen LogP contribution in [-0.2, 0) is 13.0 Å². The van der Waals surface area contributed by atoms with Crippen LogP contribution in [0.1, 0.15) is 35.9 Å². The van der Waals surface area contributed by atoms with Gasteiger partial charge in [-0.1, -0.05) is 6.92 Å². The van der Waals surface area contributed by atoms with Crippen molar-refractivity contribution >= 4 is 39.5 Å². The number of nitrogens with two attached hydrogens (primary N) is 2. The molecule has 0 aliphatic heterocycles. The lowest BCUT2D eigenvalue weighted by Crippen LogP contribution is -2.24. The number of carbonyl (C=O) groups is 1. The number of imidazole rings is 1. The number of nitrogens with one attached hydrogen (secondary N) is 1. The number of halogens is 1. The second kappa shape index (κ2) is 8.55. The van der Waals surface area contributed by atoms with Crippen LogP contribution in [0.5, 0.6) is 0 Å². The van der Waals surface area contributed by atoms with Crippen molar-refractivity contribution < 1.29 is 9.18 Å². The molecule has 0 bridgehead atoms. The van der Waals surface area contributed by atoms with Gasteiger partial charge in [0.05, 0.1) is 11.2 Å². The van der Waals surface area contributed by atoms with Crippen molar-refractivity contribution in [1.29, 1.82) is 0 Å². The predicted molar refractivity (Wildman–Crippen MR) is 119 cm³/mol. The number of nitrogens with zero attached hydrogens (tertiary/aromatic N) is 4. The Morgan fingerprint density at radius 3 is 2.77 bits per heavy atom. The summed E-state index contributed by atoms with van der Waals surface area (Å²) in [5.74, 6) is 0.395. The third-order valence-electron chi connectivity index (χ3n) is 5.21. The topological polar surface area (TPSA) is 125 Å². The first-order chi connectivity index (χ1) is 15.0. The van der Waals surface area contributed by atoms with Gasteiger partial charge in [-0.25, -0.2) is 14.4 Å². The molecule has 31 heavy (non-hydrogen) atoms. The molecule has 0 unspecified atom stereocenters. The Hall–Kier alpha value is -3.75. The molecule has 0 aliphatic rings. The lowest BCUT2D eigenvalue weighted by molar-refractivity contribution is 0.0952. The van der Waals surface area contributed by atoms with Crippen LogP contribution in [0.15, 0.2) is 36.5 Å². The number of amides is 1. The van der Waals surface area contributed by atoms with Gasteiger partial charge in [0.15, 0.2) is 5.82 Å². The Bertz CT molecular complexity index is 1270. The first kappa shape index (κ1) is 20.5. The van der Waals surface area contributed by atoms with Gasteiger partial charge in [0.2, 0.25) is 0 Å². The van der Waals surface area contributed by atoms with Crippen LogP contribution in [-0.4, -0.2) is 32.0 Å². The second-order valence-corrected chi connectivity index (χ2v) is 7.30. The van der Waals surface area contributed by atoms with E-state index in [-0.39, 0.29) is 17.2 Å². The Morgan fingerprint density at radius 1 is 1.16 bits per heavy atom. The highest BCUT2D eigenvalue weighted by Gasteiger charge is 2.17. The number of hydrogen-bond donors (Lipinski definition) is 3. The van der Waals surface area contributed by atoms with Gasteiger partial charge in [0.1, 0.15) is 28.2 Å². The molecule has 0 spiro atoms. The van der Waals surface area contributed by atoms with Crippen molar-refractivity contribution in [2.75, 3.05) is 18.0 Å². The molecule has 0 saturated heterocycles. The van der Waals surface area contributed by atoms with E-state index in [4.69, 9.17) is 11.5 Å². The van der Waals surface area contributed by atoms with Gasteiger partial charge in [-0.05, 0) is 43.2 Å². The molecule has 0 saturated carbocycles. The van der Waals surface area contributed by atoms with Gasteiger partial charge in [0, 0.05) is 31.3 Å². The lowest BCUT2D eigenvalue weighted by Gasteiger charge is -2.10. The highest BCUT2D eigenvalue weighted by Crippen LogP contribution is 2.28. The second-order valence-electron chi connectivity index (χ2n) is 7.30. The number of aryl methyl sites for hydroxylation is 2. The minimum absolute atomic E-state index is 0.0219. The zero-order valence-corrected chi connectivity index (χ0v) is 17.2. The van der Waals surface area contributed by atoms with Gasteiger partial charge in [-0.3, -0.25) is 9.78 Å². The molecule has 1 aromatic carbocycles. The van der Waals surface area contributed by atoms with E-state index in [0.717, 1.165) is 47.7 Å². The van der Waals surface area contributed by atoms with E-state index in [1.165, 1.54) is 12.1 Å². The van der Waals surface area contributed by atoms with Crippen LogP contribution in [0.2, 0.25) is 0 Å². The number of pyridine rings is 2. The SMILES string of the molecule is CCc1nc2c(N)nc3cccnc3c2n1CCCCNC(=O)c1ccc(N)c(F)c1. The number of unbranched alkanes of at least 4 members (excludes halogenated alkanes) is 1. The first-order valence-corrected chi connectivity index (χ1v) is 10.2. The summed E-state index contributed by atoms with van der Waals surface area (Å²) < 4.78 is 15.7. The van der Waals surface area contributed by atoms with Gasteiger partial charge < -0.3 is 21.4 Å². The monoisotopic (exact) mass is 421 g/mol. The molecule has 0 radical (unpaired) electrons. The number of nitrogen functional groups attached to an aromatic ring is 2. The van der Waals surface area contributed by atoms with Crippen molar-refractivity contribution in [3.8, 4) is 0 Å². The molecule has 1 amide bonds. The van der Waals surface area contributed by atoms with Crippen LogP contribution in [0.25, 0.3) is 22.1 Å². The Morgan fingerprint density at radius 2 is 2.00 bits per heavy atom. The zero-order chi connectivity index (χ0) is 22.0. The maximum atomic E-state index is 13.5. The molecule has 4 rings (SSSR count). The van der Waals surface area contributed by atoms with Crippen molar-refractivity contribution in [3.05, 3.63) is 53.7 Å². The number of fused-ring (bicyclic) bond motifs is 3. The minimum Gasteiger partial charge on any atom is -0.396 e. The minimum atomic E-state index is -0.596. The standard InChI is InChI=1S/C22H24FN7O/c1-2-17-29-19-20(18-16(28-21(19)25)6-5-10-26-18)30(17)11-4-3-9-27-22(31)13-7-8-15(24)14(23)12-13/h5-8,10,12H,2-4,9,11,24H2,1H3,(H2,25,28)(H,27,31). The van der Waals surface area contributed by atoms with E-state index >= 15 is 0 Å². The number of hydrogen-bond acceptors (Lipinski definition) is 6. The third kappa shape index (κ3) is 3.98. The molecule has 160 valence electrons. The average Bonchev–Trinajstić information content (AvgIpc) is 3.15. The molecule has 0 fully saturated rings. The number of carbonyl (C=O) groups excluding carboxylic acids is 1. The largest absolute Gasteiger partial charge is 0.396 e. The van der Waals surface area contributed by atoms with Gasteiger partial charge in [-0.2, -0.15) is 0 Å². The molecule has 0 atom stereocenters. The molecular weight excluding hydrogens is 397 g/mol. The van der Waals surface area contributed by atoms with Crippen LogP contribution in [0.4, 0.5) is 15.9 Å². The summed E-state index contributed by atoms with van der Waals surface area (Å²) in [7, 11) is 0. The number of anilines is 2. The maximum absolute atomic E-state index is 13.5. The van der Waals surface area contributed by atoms with Crippen LogP contribution in [0.3, 0.4) is 0 Å². The quantitative estimate of drug-likeness (QED) is 0.311. The number of rotatable bonds is 7. The van der Waals surface area contributed by atoms with E-state index in [1.807, 2.05) is 19.1 Å². The fourth-order valence-electron chi connectivity index (χ4n) is 3.65. The Kier molecular flexibility index (Phi) is 5.66.